The van der Waals surface area contributed by atoms with Crippen molar-refractivity contribution in [2.75, 3.05) is 26.2 Å². The fraction of sp³-hybridized carbons (Fsp3) is 0.818. The zero-order chi connectivity index (χ0) is 14.3. The molecule has 5 nitrogen and oxygen atoms in total. The van der Waals surface area contributed by atoms with Gasteiger partial charge in [0.25, 0.3) is 0 Å². The summed E-state index contributed by atoms with van der Waals surface area (Å²) in [5.41, 5.74) is -0.520. The average molecular weight is 280 g/mol. The molecule has 0 aromatic rings. The van der Waals surface area contributed by atoms with Crippen LogP contribution < -0.4 is 5.32 Å². The van der Waals surface area contributed by atoms with Crippen LogP contribution in [0.3, 0.4) is 0 Å². The third kappa shape index (κ3) is 2.54. The minimum absolute atomic E-state index is 0.0379. The Hall–Kier alpha value is -1.31. The molecular formula is C11H15F3N2O3. The Labute approximate surface area is 107 Å². The highest BCUT2D eigenvalue weighted by Crippen LogP contribution is 2.42. The molecule has 8 heteroatoms. The second-order valence-corrected chi connectivity index (χ2v) is 5.17. The molecule has 0 saturated carbocycles. The number of halogens is 3. The Morgan fingerprint density at radius 2 is 1.84 bits per heavy atom. The molecule has 1 unspecified atom stereocenters. The van der Waals surface area contributed by atoms with E-state index in [9.17, 15) is 22.8 Å². The van der Waals surface area contributed by atoms with Gasteiger partial charge < -0.3 is 15.3 Å². The summed E-state index contributed by atoms with van der Waals surface area (Å²) in [5, 5.41) is 12.1. The normalized spacial score (nSPS) is 26.7. The SMILES string of the molecule is O=C(O)C1CNCC12CCN(C(=O)C(F)(F)F)CC2. The Balaban J connectivity index is 2.03. The average Bonchev–Trinajstić information content (AvgIpc) is 2.72. The summed E-state index contributed by atoms with van der Waals surface area (Å²) < 4.78 is 36.9. The van der Waals surface area contributed by atoms with Crippen LogP contribution >= 0.6 is 0 Å². The Kier molecular flexibility index (Phi) is 3.46. The van der Waals surface area contributed by atoms with Crippen molar-refractivity contribution in [1.82, 2.24) is 10.2 Å². The molecule has 0 bridgehead atoms. The zero-order valence-corrected chi connectivity index (χ0v) is 10.2. The molecule has 0 aromatic carbocycles. The van der Waals surface area contributed by atoms with Crippen molar-refractivity contribution in [3.05, 3.63) is 0 Å². The molecule has 2 fully saturated rings. The Morgan fingerprint density at radius 1 is 1.26 bits per heavy atom. The lowest BCUT2D eigenvalue weighted by Gasteiger charge is -2.41. The first-order valence-electron chi connectivity index (χ1n) is 6.06. The predicted octanol–water partition coefficient (Wildman–Crippen LogP) is 0.461. The summed E-state index contributed by atoms with van der Waals surface area (Å²) in [6, 6.07) is 0. The second-order valence-electron chi connectivity index (χ2n) is 5.17. The van der Waals surface area contributed by atoms with Crippen molar-refractivity contribution in [3.8, 4) is 0 Å². The number of alkyl halides is 3. The summed E-state index contributed by atoms with van der Waals surface area (Å²) >= 11 is 0. The molecule has 0 aliphatic carbocycles. The number of carboxylic acids is 1. The van der Waals surface area contributed by atoms with Crippen molar-refractivity contribution in [2.45, 2.75) is 19.0 Å². The van der Waals surface area contributed by atoms with Crippen LogP contribution in [0.2, 0.25) is 0 Å². The van der Waals surface area contributed by atoms with E-state index in [-0.39, 0.29) is 13.1 Å². The first-order valence-corrected chi connectivity index (χ1v) is 6.06. The number of carbonyl (C=O) groups excluding carboxylic acids is 1. The fourth-order valence-electron chi connectivity index (χ4n) is 3.01. The van der Waals surface area contributed by atoms with Crippen LogP contribution in [-0.4, -0.2) is 54.2 Å². The van der Waals surface area contributed by atoms with Gasteiger partial charge in [0.1, 0.15) is 0 Å². The predicted molar refractivity (Wildman–Crippen MR) is 58.3 cm³/mol. The van der Waals surface area contributed by atoms with Gasteiger partial charge in [-0.1, -0.05) is 0 Å². The van der Waals surface area contributed by atoms with Crippen LogP contribution in [-0.2, 0) is 9.59 Å². The van der Waals surface area contributed by atoms with E-state index in [0.717, 1.165) is 4.90 Å². The molecule has 2 aliphatic rings. The van der Waals surface area contributed by atoms with E-state index < -0.39 is 29.4 Å². The minimum Gasteiger partial charge on any atom is -0.481 e. The maximum atomic E-state index is 12.3. The van der Waals surface area contributed by atoms with Crippen molar-refractivity contribution >= 4 is 11.9 Å². The van der Waals surface area contributed by atoms with Crippen molar-refractivity contribution in [1.29, 1.82) is 0 Å². The maximum absolute atomic E-state index is 12.3. The van der Waals surface area contributed by atoms with Crippen LogP contribution in [0.1, 0.15) is 12.8 Å². The summed E-state index contributed by atoms with van der Waals surface area (Å²) in [4.78, 5) is 23.0. The maximum Gasteiger partial charge on any atom is 0.471 e. The third-order valence-corrected chi connectivity index (χ3v) is 4.15. The molecule has 2 aliphatic heterocycles. The van der Waals surface area contributed by atoms with Crippen LogP contribution in [0.25, 0.3) is 0 Å². The standard InChI is InChI=1S/C11H15F3N2O3/c12-11(13,14)9(19)16-3-1-10(2-4-16)6-15-5-7(10)8(17)18/h7,15H,1-6H2,(H,17,18). The molecule has 1 spiro atoms. The van der Waals surface area contributed by atoms with E-state index >= 15 is 0 Å². The van der Waals surface area contributed by atoms with Gasteiger partial charge in [-0.05, 0) is 12.8 Å². The van der Waals surface area contributed by atoms with Gasteiger partial charge in [-0.2, -0.15) is 13.2 Å². The van der Waals surface area contributed by atoms with Gasteiger partial charge in [0.05, 0.1) is 5.92 Å². The monoisotopic (exact) mass is 280 g/mol. The summed E-state index contributed by atoms with van der Waals surface area (Å²) in [6.45, 7) is 0.744. The molecule has 0 radical (unpaired) electrons. The quantitative estimate of drug-likeness (QED) is 0.732. The number of amides is 1. The molecule has 2 saturated heterocycles. The first-order chi connectivity index (χ1) is 8.76. The lowest BCUT2D eigenvalue weighted by atomic mass is 9.71. The van der Waals surface area contributed by atoms with E-state index in [1.54, 1.807) is 0 Å². The minimum atomic E-state index is -4.86. The number of nitrogens with one attached hydrogen (secondary N) is 1. The van der Waals surface area contributed by atoms with E-state index in [1.165, 1.54) is 0 Å². The molecule has 2 N–H and O–H groups in total. The van der Waals surface area contributed by atoms with Gasteiger partial charge in [0.2, 0.25) is 0 Å². The van der Waals surface area contributed by atoms with Gasteiger partial charge in [-0.25, -0.2) is 0 Å². The topological polar surface area (TPSA) is 69.6 Å². The summed E-state index contributed by atoms with van der Waals surface area (Å²) in [7, 11) is 0. The summed E-state index contributed by atoms with van der Waals surface area (Å²) in [5.74, 6) is -3.35. The van der Waals surface area contributed by atoms with E-state index in [0.29, 0.717) is 25.9 Å². The molecule has 0 aromatic heterocycles. The Bertz CT molecular complexity index is 389. The highest BCUT2D eigenvalue weighted by Gasteiger charge is 2.51. The number of carboxylic acid groups (broad SMARTS) is 1. The number of hydrogen-bond donors (Lipinski definition) is 2. The summed E-state index contributed by atoms with van der Waals surface area (Å²) in [6.07, 6.45) is -4.28. The lowest BCUT2D eigenvalue weighted by molar-refractivity contribution is -0.187. The zero-order valence-electron chi connectivity index (χ0n) is 10.2. The molecule has 19 heavy (non-hydrogen) atoms. The number of nitrogens with zero attached hydrogens (tertiary/aromatic N) is 1. The second kappa shape index (κ2) is 4.66. The third-order valence-electron chi connectivity index (χ3n) is 4.15. The fourth-order valence-corrected chi connectivity index (χ4v) is 3.01. The molecule has 2 heterocycles. The Morgan fingerprint density at radius 3 is 2.32 bits per heavy atom. The van der Waals surface area contributed by atoms with Crippen molar-refractivity contribution in [2.24, 2.45) is 11.3 Å². The number of carbonyl (C=O) groups is 2. The van der Waals surface area contributed by atoms with Gasteiger partial charge in [0.15, 0.2) is 0 Å². The van der Waals surface area contributed by atoms with Gasteiger partial charge in [-0.15, -0.1) is 0 Å². The number of piperidine rings is 1. The van der Waals surface area contributed by atoms with Crippen LogP contribution in [0, 0.1) is 11.3 Å². The van der Waals surface area contributed by atoms with Crippen LogP contribution in [0.15, 0.2) is 0 Å². The van der Waals surface area contributed by atoms with E-state index in [4.69, 9.17) is 5.11 Å². The van der Waals surface area contributed by atoms with E-state index in [2.05, 4.69) is 5.32 Å². The van der Waals surface area contributed by atoms with Gasteiger partial charge in [0, 0.05) is 31.6 Å². The lowest BCUT2D eigenvalue weighted by Crippen LogP contribution is -2.51. The van der Waals surface area contributed by atoms with Crippen LogP contribution in [0.4, 0.5) is 13.2 Å². The molecular weight excluding hydrogens is 265 g/mol. The first kappa shape index (κ1) is 14.1. The van der Waals surface area contributed by atoms with E-state index in [1.807, 2.05) is 0 Å². The highest BCUT2D eigenvalue weighted by atomic mass is 19.4. The van der Waals surface area contributed by atoms with Crippen molar-refractivity contribution in [3.63, 3.8) is 0 Å². The largest absolute Gasteiger partial charge is 0.481 e. The number of likely N-dealkylation sites (tertiary alicyclic amines) is 1. The van der Waals surface area contributed by atoms with Gasteiger partial charge >= 0.3 is 18.1 Å². The number of rotatable bonds is 1. The smallest absolute Gasteiger partial charge is 0.471 e. The molecule has 108 valence electrons. The number of hydrogen-bond acceptors (Lipinski definition) is 3. The highest BCUT2D eigenvalue weighted by molar-refractivity contribution is 5.82. The molecule has 2 rings (SSSR count). The molecule has 1 amide bonds. The van der Waals surface area contributed by atoms with Crippen molar-refractivity contribution < 1.29 is 27.9 Å². The van der Waals surface area contributed by atoms with Gasteiger partial charge in [-0.3, -0.25) is 9.59 Å². The number of aliphatic carboxylic acids is 1. The van der Waals surface area contributed by atoms with Crippen LogP contribution in [0.5, 0.6) is 0 Å². The molecule has 1 atom stereocenters.